The van der Waals surface area contributed by atoms with Gasteiger partial charge in [-0.15, -0.1) is 0 Å². The van der Waals surface area contributed by atoms with Crippen molar-refractivity contribution in [3.05, 3.63) is 54.2 Å². The Morgan fingerprint density at radius 1 is 1.25 bits per heavy atom. The molecule has 1 aromatic heterocycles. The highest BCUT2D eigenvalue weighted by molar-refractivity contribution is 7.92. The third kappa shape index (κ3) is 3.58. The number of nitrogens with one attached hydrogen (secondary N) is 1. The molecule has 0 saturated carbocycles. The van der Waals surface area contributed by atoms with Crippen LogP contribution in [0.2, 0.25) is 0 Å². The van der Waals surface area contributed by atoms with Crippen molar-refractivity contribution in [2.45, 2.75) is 11.3 Å². The molecule has 1 aromatic carbocycles. The number of anilines is 1. The Labute approximate surface area is 141 Å². The van der Waals surface area contributed by atoms with Crippen molar-refractivity contribution >= 4 is 21.3 Å². The van der Waals surface area contributed by atoms with Gasteiger partial charge in [0.25, 0.3) is 10.0 Å². The molecule has 0 spiro atoms. The number of rotatable bonds is 5. The van der Waals surface area contributed by atoms with Crippen molar-refractivity contribution < 1.29 is 17.9 Å². The summed E-state index contributed by atoms with van der Waals surface area (Å²) in [5.74, 6) is 0.0647. The minimum atomic E-state index is -3.81. The second kappa shape index (κ2) is 7.02. The molecule has 7 heteroatoms. The lowest BCUT2D eigenvalue weighted by Crippen LogP contribution is -2.15. The maximum atomic E-state index is 12.7. The van der Waals surface area contributed by atoms with Gasteiger partial charge in [-0.25, -0.2) is 13.4 Å². The molecular formula is C17H18N2O4S. The van der Waals surface area contributed by atoms with E-state index in [1.165, 1.54) is 7.11 Å². The van der Waals surface area contributed by atoms with E-state index in [0.717, 1.165) is 17.6 Å². The van der Waals surface area contributed by atoms with E-state index in [0.29, 0.717) is 18.9 Å². The average molecular weight is 346 g/mol. The van der Waals surface area contributed by atoms with Crippen LogP contribution in [0.25, 0.3) is 5.57 Å². The van der Waals surface area contributed by atoms with Gasteiger partial charge in [-0.05, 0) is 35.8 Å². The number of ether oxygens (including phenoxy) is 2. The Balaban J connectivity index is 2.00. The lowest BCUT2D eigenvalue weighted by Gasteiger charge is -2.16. The number of methoxy groups -OCH3 is 1. The van der Waals surface area contributed by atoms with E-state index in [4.69, 9.17) is 9.47 Å². The molecule has 24 heavy (non-hydrogen) atoms. The van der Waals surface area contributed by atoms with Crippen LogP contribution in [0.15, 0.2) is 53.6 Å². The van der Waals surface area contributed by atoms with Gasteiger partial charge >= 0.3 is 0 Å². The number of para-hydroxylation sites is 1. The third-order valence-corrected chi connectivity index (χ3v) is 5.04. The average Bonchev–Trinajstić information content (AvgIpc) is 2.62. The monoisotopic (exact) mass is 346 g/mol. The van der Waals surface area contributed by atoms with Gasteiger partial charge in [0.15, 0.2) is 0 Å². The van der Waals surface area contributed by atoms with Crippen LogP contribution in [0.3, 0.4) is 0 Å². The molecule has 3 rings (SSSR count). The molecule has 2 aromatic rings. The van der Waals surface area contributed by atoms with Crippen LogP contribution < -0.4 is 9.46 Å². The van der Waals surface area contributed by atoms with Gasteiger partial charge in [0.05, 0.1) is 20.3 Å². The number of pyridine rings is 1. The van der Waals surface area contributed by atoms with Crippen molar-refractivity contribution in [1.29, 1.82) is 0 Å². The molecule has 6 nitrogen and oxygen atoms in total. The predicted octanol–water partition coefficient (Wildman–Crippen LogP) is 2.69. The fourth-order valence-electron chi connectivity index (χ4n) is 2.46. The smallest absolute Gasteiger partial charge is 0.267 e. The summed E-state index contributed by atoms with van der Waals surface area (Å²) in [6, 6.07) is 10.3. The molecule has 126 valence electrons. The van der Waals surface area contributed by atoms with Gasteiger partial charge in [0.1, 0.15) is 4.90 Å². The van der Waals surface area contributed by atoms with E-state index in [1.807, 2.05) is 12.1 Å². The summed E-state index contributed by atoms with van der Waals surface area (Å²) < 4.78 is 38.5. The van der Waals surface area contributed by atoms with Gasteiger partial charge < -0.3 is 9.47 Å². The summed E-state index contributed by atoms with van der Waals surface area (Å²) >= 11 is 0. The molecule has 2 heterocycles. The van der Waals surface area contributed by atoms with E-state index in [9.17, 15) is 8.42 Å². The van der Waals surface area contributed by atoms with Crippen molar-refractivity contribution in [3.8, 4) is 5.88 Å². The molecule has 0 aliphatic carbocycles. The number of hydrogen-bond donors (Lipinski definition) is 1. The SMILES string of the molecule is COc1ncc(C2=CCOCC2)cc1S(=O)(=O)Nc1ccccc1. The molecule has 1 aliphatic heterocycles. The van der Waals surface area contributed by atoms with E-state index >= 15 is 0 Å². The molecule has 1 N–H and O–H groups in total. The zero-order valence-corrected chi connectivity index (χ0v) is 14.0. The van der Waals surface area contributed by atoms with E-state index in [-0.39, 0.29) is 10.8 Å². The summed E-state index contributed by atoms with van der Waals surface area (Å²) in [4.78, 5) is 4.17. The first kappa shape index (κ1) is 16.5. The predicted molar refractivity (Wildman–Crippen MR) is 91.5 cm³/mol. The Morgan fingerprint density at radius 2 is 2.04 bits per heavy atom. The zero-order valence-electron chi connectivity index (χ0n) is 13.2. The van der Waals surface area contributed by atoms with E-state index in [2.05, 4.69) is 9.71 Å². The quantitative estimate of drug-likeness (QED) is 0.901. The first-order valence-corrected chi connectivity index (χ1v) is 8.97. The highest BCUT2D eigenvalue weighted by Gasteiger charge is 2.22. The lowest BCUT2D eigenvalue weighted by molar-refractivity contribution is 0.161. The fraction of sp³-hybridized carbons (Fsp3) is 0.235. The molecule has 1 aliphatic rings. The fourth-order valence-corrected chi connectivity index (χ4v) is 3.66. The molecule has 0 saturated heterocycles. The zero-order chi connectivity index (χ0) is 17.0. The Hall–Kier alpha value is -2.38. The third-order valence-electron chi connectivity index (χ3n) is 3.66. The molecule has 0 amide bonds. The van der Waals surface area contributed by atoms with Crippen molar-refractivity contribution in [3.63, 3.8) is 0 Å². The van der Waals surface area contributed by atoms with Crippen LogP contribution in [-0.4, -0.2) is 33.7 Å². The van der Waals surface area contributed by atoms with Gasteiger partial charge in [0.2, 0.25) is 5.88 Å². The minimum absolute atomic E-state index is 0.0127. The highest BCUT2D eigenvalue weighted by Crippen LogP contribution is 2.29. The second-order valence-corrected chi connectivity index (χ2v) is 6.91. The van der Waals surface area contributed by atoms with Crippen LogP contribution in [0.1, 0.15) is 12.0 Å². The van der Waals surface area contributed by atoms with Gasteiger partial charge in [-0.1, -0.05) is 24.3 Å². The standard InChI is InChI=1S/C17H18N2O4S/c1-22-17-16(24(20,21)19-15-5-3-2-4-6-15)11-14(12-18-17)13-7-9-23-10-8-13/h2-7,11-12,19H,8-10H2,1H3. The van der Waals surface area contributed by atoms with Crippen LogP contribution >= 0.6 is 0 Å². The summed E-state index contributed by atoms with van der Waals surface area (Å²) in [5, 5.41) is 0. The van der Waals surface area contributed by atoms with Crippen LogP contribution in [0.4, 0.5) is 5.69 Å². The molecule has 0 radical (unpaired) electrons. The minimum Gasteiger partial charge on any atom is -0.480 e. The lowest BCUT2D eigenvalue weighted by atomic mass is 10.0. The molecular weight excluding hydrogens is 328 g/mol. The number of aromatic nitrogens is 1. The number of benzene rings is 1. The van der Waals surface area contributed by atoms with Crippen LogP contribution in [0.5, 0.6) is 5.88 Å². The summed E-state index contributed by atoms with van der Waals surface area (Å²) in [5.41, 5.74) is 2.26. The molecule has 0 unspecified atom stereocenters. The first-order valence-electron chi connectivity index (χ1n) is 7.49. The van der Waals surface area contributed by atoms with Gasteiger partial charge in [-0.3, -0.25) is 4.72 Å². The normalized spacial score (nSPS) is 14.8. The maximum absolute atomic E-state index is 12.7. The number of sulfonamides is 1. The number of nitrogens with zero attached hydrogens (tertiary/aromatic N) is 1. The summed E-state index contributed by atoms with van der Waals surface area (Å²) in [6.45, 7) is 1.13. The Kier molecular flexibility index (Phi) is 4.82. The van der Waals surface area contributed by atoms with Crippen molar-refractivity contribution in [1.82, 2.24) is 4.98 Å². The largest absolute Gasteiger partial charge is 0.480 e. The topological polar surface area (TPSA) is 77.5 Å². The highest BCUT2D eigenvalue weighted by atomic mass is 32.2. The summed E-state index contributed by atoms with van der Waals surface area (Å²) in [6.07, 6.45) is 4.28. The van der Waals surface area contributed by atoms with Gasteiger partial charge in [0, 0.05) is 11.9 Å². The van der Waals surface area contributed by atoms with E-state index in [1.54, 1.807) is 36.5 Å². The molecule has 0 atom stereocenters. The van der Waals surface area contributed by atoms with Gasteiger partial charge in [-0.2, -0.15) is 0 Å². The Morgan fingerprint density at radius 3 is 2.71 bits per heavy atom. The van der Waals surface area contributed by atoms with Crippen molar-refractivity contribution in [2.24, 2.45) is 0 Å². The second-order valence-electron chi connectivity index (χ2n) is 5.26. The van der Waals surface area contributed by atoms with E-state index < -0.39 is 10.0 Å². The maximum Gasteiger partial charge on any atom is 0.267 e. The molecule has 0 bridgehead atoms. The van der Waals surface area contributed by atoms with Crippen LogP contribution in [0, 0.1) is 0 Å². The summed E-state index contributed by atoms with van der Waals surface area (Å²) in [7, 11) is -2.41. The Bertz CT molecular complexity index is 848. The first-order chi connectivity index (χ1) is 11.6. The molecule has 0 fully saturated rings. The number of hydrogen-bond acceptors (Lipinski definition) is 5. The van der Waals surface area contributed by atoms with Crippen molar-refractivity contribution in [2.75, 3.05) is 25.0 Å². The van der Waals surface area contributed by atoms with Crippen LogP contribution in [-0.2, 0) is 14.8 Å².